The number of anilines is 2. The number of carbonyl (C=O) groups is 2. The van der Waals surface area contributed by atoms with Crippen molar-refractivity contribution in [1.82, 2.24) is 5.32 Å². The summed E-state index contributed by atoms with van der Waals surface area (Å²) in [5, 5.41) is 5.91. The summed E-state index contributed by atoms with van der Waals surface area (Å²) in [6, 6.07) is 13.4. The summed E-state index contributed by atoms with van der Waals surface area (Å²) in [7, 11) is 1.57. The Bertz CT molecular complexity index is 881. The second kappa shape index (κ2) is 7.31. The molecule has 0 aromatic heterocycles. The van der Waals surface area contributed by atoms with Gasteiger partial charge in [0.1, 0.15) is 5.75 Å². The van der Waals surface area contributed by atoms with E-state index in [1.54, 1.807) is 24.1 Å². The number of benzene rings is 2. The Balaban J connectivity index is 1.45. The van der Waals surface area contributed by atoms with Crippen molar-refractivity contribution in [3.8, 4) is 5.75 Å². The Morgan fingerprint density at radius 3 is 2.81 bits per heavy atom. The number of aryl methyl sites for hydroxylation is 1. The molecule has 27 heavy (non-hydrogen) atoms. The van der Waals surface area contributed by atoms with Gasteiger partial charge in [-0.25, -0.2) is 4.79 Å². The highest BCUT2D eigenvalue weighted by molar-refractivity contribution is 5.97. The van der Waals surface area contributed by atoms with Gasteiger partial charge in [0.25, 0.3) is 0 Å². The minimum Gasteiger partial charge on any atom is -0.494 e. The van der Waals surface area contributed by atoms with E-state index in [1.165, 1.54) is 11.1 Å². The fourth-order valence-corrected chi connectivity index (χ4v) is 3.91. The van der Waals surface area contributed by atoms with Gasteiger partial charge in [-0.05, 0) is 42.5 Å². The van der Waals surface area contributed by atoms with Crippen molar-refractivity contribution in [2.45, 2.75) is 31.7 Å². The molecule has 140 valence electrons. The van der Waals surface area contributed by atoms with Crippen LogP contribution in [0.2, 0.25) is 0 Å². The normalized spacial score (nSPS) is 18.3. The zero-order valence-corrected chi connectivity index (χ0v) is 15.3. The first kappa shape index (κ1) is 17.4. The molecule has 1 atom stereocenters. The maximum absolute atomic E-state index is 12.4. The first-order chi connectivity index (χ1) is 13.2. The number of amides is 3. The average molecular weight is 365 g/mol. The molecule has 0 bridgehead atoms. The van der Waals surface area contributed by atoms with Gasteiger partial charge in [0.05, 0.1) is 18.8 Å². The Hall–Kier alpha value is -3.02. The molecule has 6 nitrogen and oxygen atoms in total. The van der Waals surface area contributed by atoms with Crippen LogP contribution in [-0.2, 0) is 11.2 Å². The fraction of sp³-hybridized carbons (Fsp3) is 0.333. The number of rotatable bonds is 4. The van der Waals surface area contributed by atoms with E-state index in [2.05, 4.69) is 22.8 Å². The van der Waals surface area contributed by atoms with Crippen molar-refractivity contribution in [2.75, 3.05) is 23.9 Å². The van der Waals surface area contributed by atoms with Crippen molar-refractivity contribution >= 4 is 23.3 Å². The first-order valence-electron chi connectivity index (χ1n) is 9.29. The topological polar surface area (TPSA) is 70.7 Å². The average Bonchev–Trinajstić information content (AvgIpc) is 3.28. The molecule has 0 radical (unpaired) electrons. The molecule has 1 fully saturated rings. The highest BCUT2D eigenvalue weighted by Crippen LogP contribution is 2.34. The number of carbonyl (C=O) groups excluding carboxylic acids is 2. The van der Waals surface area contributed by atoms with Crippen LogP contribution in [-0.4, -0.2) is 25.6 Å². The van der Waals surface area contributed by atoms with Crippen molar-refractivity contribution in [1.29, 1.82) is 0 Å². The number of fused-ring (bicyclic) bond motifs is 1. The summed E-state index contributed by atoms with van der Waals surface area (Å²) in [6.45, 7) is 0.698. The van der Waals surface area contributed by atoms with Gasteiger partial charge >= 0.3 is 6.03 Å². The second-order valence-corrected chi connectivity index (χ2v) is 6.92. The quantitative estimate of drug-likeness (QED) is 0.869. The van der Waals surface area contributed by atoms with Crippen LogP contribution < -0.4 is 20.3 Å². The molecular formula is C21H23N3O3. The van der Waals surface area contributed by atoms with Crippen LogP contribution in [0.4, 0.5) is 16.2 Å². The summed E-state index contributed by atoms with van der Waals surface area (Å²) in [6.07, 6.45) is 3.31. The second-order valence-electron chi connectivity index (χ2n) is 6.92. The monoisotopic (exact) mass is 365 g/mol. The van der Waals surface area contributed by atoms with E-state index in [1.807, 2.05) is 18.2 Å². The highest BCUT2D eigenvalue weighted by Gasteiger charge is 2.25. The van der Waals surface area contributed by atoms with Gasteiger partial charge < -0.3 is 20.3 Å². The van der Waals surface area contributed by atoms with Gasteiger partial charge in [0.2, 0.25) is 5.91 Å². The third-order valence-electron chi connectivity index (χ3n) is 5.24. The maximum Gasteiger partial charge on any atom is 0.319 e. The van der Waals surface area contributed by atoms with Gasteiger partial charge in [-0.1, -0.05) is 24.3 Å². The third-order valence-corrected chi connectivity index (χ3v) is 5.24. The standard InChI is InChI=1S/C21H23N3O3/c1-27-19-13-15(9-11-18(19)24-12-4-7-20(24)25)22-21(26)23-17-10-8-14-5-2-3-6-16(14)17/h2-3,5-6,9,11,13,17H,4,7-8,10,12H2,1H3,(H2,22,23,26). The Morgan fingerprint density at radius 2 is 2.04 bits per heavy atom. The van der Waals surface area contributed by atoms with Gasteiger partial charge in [0.15, 0.2) is 0 Å². The first-order valence-corrected chi connectivity index (χ1v) is 9.29. The molecule has 2 aromatic carbocycles. The van der Waals surface area contributed by atoms with Crippen LogP contribution in [0.3, 0.4) is 0 Å². The Kier molecular flexibility index (Phi) is 4.71. The molecule has 1 aliphatic carbocycles. The lowest BCUT2D eigenvalue weighted by Crippen LogP contribution is -2.31. The molecule has 2 N–H and O–H groups in total. The lowest BCUT2D eigenvalue weighted by Gasteiger charge is -2.20. The number of methoxy groups -OCH3 is 1. The molecule has 6 heteroatoms. The van der Waals surface area contributed by atoms with E-state index >= 15 is 0 Å². The molecule has 4 rings (SSSR count). The van der Waals surface area contributed by atoms with Gasteiger partial charge in [-0.2, -0.15) is 0 Å². The molecule has 0 spiro atoms. The van der Waals surface area contributed by atoms with Crippen LogP contribution in [0.15, 0.2) is 42.5 Å². The van der Waals surface area contributed by atoms with Crippen LogP contribution in [0.25, 0.3) is 0 Å². The molecule has 3 amide bonds. The molecule has 1 saturated heterocycles. The molecule has 1 heterocycles. The van der Waals surface area contributed by atoms with Crippen molar-refractivity contribution in [3.63, 3.8) is 0 Å². The van der Waals surface area contributed by atoms with Crippen LogP contribution in [0.1, 0.15) is 36.4 Å². The van der Waals surface area contributed by atoms with Crippen molar-refractivity contribution < 1.29 is 14.3 Å². The molecule has 1 aliphatic heterocycles. The van der Waals surface area contributed by atoms with Crippen LogP contribution in [0.5, 0.6) is 5.75 Å². The minimum absolute atomic E-state index is 0.0320. The Morgan fingerprint density at radius 1 is 1.19 bits per heavy atom. The summed E-state index contributed by atoms with van der Waals surface area (Å²) < 4.78 is 5.44. The summed E-state index contributed by atoms with van der Waals surface area (Å²) in [4.78, 5) is 26.2. The van der Waals surface area contributed by atoms with E-state index in [0.29, 0.717) is 24.4 Å². The zero-order chi connectivity index (χ0) is 18.8. The SMILES string of the molecule is COc1cc(NC(=O)NC2CCc3ccccc32)ccc1N1CCCC1=O. The minimum atomic E-state index is -0.247. The lowest BCUT2D eigenvalue weighted by atomic mass is 10.1. The number of hydrogen-bond acceptors (Lipinski definition) is 3. The predicted octanol–water partition coefficient (Wildman–Crippen LogP) is 3.63. The Labute approximate surface area is 158 Å². The largest absolute Gasteiger partial charge is 0.494 e. The van der Waals surface area contributed by atoms with Gasteiger partial charge in [-0.3, -0.25) is 4.79 Å². The summed E-state index contributed by atoms with van der Waals surface area (Å²) >= 11 is 0. The zero-order valence-electron chi connectivity index (χ0n) is 15.3. The molecular weight excluding hydrogens is 342 g/mol. The number of urea groups is 1. The highest BCUT2D eigenvalue weighted by atomic mass is 16.5. The summed E-state index contributed by atoms with van der Waals surface area (Å²) in [5.74, 6) is 0.681. The lowest BCUT2D eigenvalue weighted by molar-refractivity contribution is -0.117. The number of ether oxygens (including phenoxy) is 1. The summed E-state index contributed by atoms with van der Waals surface area (Å²) in [5.41, 5.74) is 3.86. The number of hydrogen-bond donors (Lipinski definition) is 2. The fourth-order valence-electron chi connectivity index (χ4n) is 3.91. The predicted molar refractivity (Wildman–Crippen MR) is 104 cm³/mol. The van der Waals surface area contributed by atoms with E-state index in [4.69, 9.17) is 4.74 Å². The number of nitrogens with zero attached hydrogens (tertiary/aromatic N) is 1. The van der Waals surface area contributed by atoms with Crippen molar-refractivity contribution in [3.05, 3.63) is 53.6 Å². The van der Waals surface area contributed by atoms with E-state index in [-0.39, 0.29) is 18.0 Å². The van der Waals surface area contributed by atoms with E-state index < -0.39 is 0 Å². The number of nitrogens with one attached hydrogen (secondary N) is 2. The molecule has 1 unspecified atom stereocenters. The van der Waals surface area contributed by atoms with E-state index in [0.717, 1.165) is 24.9 Å². The maximum atomic E-state index is 12.4. The molecule has 0 saturated carbocycles. The molecule has 2 aromatic rings. The van der Waals surface area contributed by atoms with Gasteiger partial charge in [0, 0.05) is 24.7 Å². The molecule has 2 aliphatic rings. The van der Waals surface area contributed by atoms with Crippen LogP contribution in [0, 0.1) is 0 Å². The van der Waals surface area contributed by atoms with Crippen LogP contribution >= 0.6 is 0 Å². The van der Waals surface area contributed by atoms with Crippen molar-refractivity contribution in [2.24, 2.45) is 0 Å². The third kappa shape index (κ3) is 3.47. The van der Waals surface area contributed by atoms with E-state index in [9.17, 15) is 9.59 Å². The van der Waals surface area contributed by atoms with Gasteiger partial charge in [-0.15, -0.1) is 0 Å². The smallest absolute Gasteiger partial charge is 0.319 e.